The zero-order valence-electron chi connectivity index (χ0n) is 17.8. The molecule has 1 unspecified atom stereocenters. The van der Waals surface area contributed by atoms with Crippen molar-refractivity contribution in [3.05, 3.63) is 58.9 Å². The SMILES string of the molecule is COc1cc2c(cc1OC)[C@H]([C@@H](C)NC(=O)C1CC1)[NH+](Cc1ccccc1F)CC2. The quantitative estimate of drug-likeness (QED) is 0.733. The average molecular weight is 414 g/mol. The van der Waals surface area contributed by atoms with E-state index in [1.165, 1.54) is 16.5 Å². The van der Waals surface area contributed by atoms with Crippen LogP contribution in [0.15, 0.2) is 36.4 Å². The summed E-state index contributed by atoms with van der Waals surface area (Å²) in [4.78, 5) is 13.7. The van der Waals surface area contributed by atoms with Crippen molar-refractivity contribution in [3.63, 3.8) is 0 Å². The number of hydrogen-bond acceptors (Lipinski definition) is 3. The number of benzene rings is 2. The number of halogens is 1. The van der Waals surface area contributed by atoms with Gasteiger partial charge in [-0.2, -0.15) is 0 Å². The molecule has 0 saturated heterocycles. The van der Waals surface area contributed by atoms with Gasteiger partial charge in [0.1, 0.15) is 18.4 Å². The van der Waals surface area contributed by atoms with Crippen LogP contribution in [0.3, 0.4) is 0 Å². The maximum absolute atomic E-state index is 14.4. The van der Waals surface area contributed by atoms with Crippen molar-refractivity contribution in [1.82, 2.24) is 5.32 Å². The fourth-order valence-electron chi connectivity index (χ4n) is 4.59. The summed E-state index contributed by atoms with van der Waals surface area (Å²) in [5.74, 6) is 1.48. The number of quaternary nitrogens is 1. The summed E-state index contributed by atoms with van der Waals surface area (Å²) in [6, 6.07) is 10.9. The normalized spacial score (nSPS) is 21.5. The van der Waals surface area contributed by atoms with Crippen LogP contribution in [0, 0.1) is 11.7 Å². The highest BCUT2D eigenvalue weighted by Crippen LogP contribution is 2.35. The molecular formula is C24H30FN2O3+. The first-order valence-electron chi connectivity index (χ1n) is 10.6. The van der Waals surface area contributed by atoms with Gasteiger partial charge < -0.3 is 19.7 Å². The zero-order chi connectivity index (χ0) is 21.3. The van der Waals surface area contributed by atoms with Crippen LogP contribution in [-0.4, -0.2) is 32.7 Å². The van der Waals surface area contributed by atoms with E-state index in [0.717, 1.165) is 31.4 Å². The zero-order valence-corrected chi connectivity index (χ0v) is 17.8. The van der Waals surface area contributed by atoms with E-state index < -0.39 is 0 Å². The van der Waals surface area contributed by atoms with Gasteiger partial charge in [0.05, 0.1) is 26.8 Å². The van der Waals surface area contributed by atoms with Gasteiger partial charge in [-0.1, -0.05) is 18.2 Å². The lowest BCUT2D eigenvalue weighted by atomic mass is 9.87. The molecule has 0 radical (unpaired) electrons. The van der Waals surface area contributed by atoms with Crippen molar-refractivity contribution in [2.75, 3.05) is 20.8 Å². The number of rotatable bonds is 7. The molecule has 2 N–H and O–H groups in total. The largest absolute Gasteiger partial charge is 0.493 e. The molecule has 0 spiro atoms. The topological polar surface area (TPSA) is 52.0 Å². The molecule has 0 aromatic heterocycles. The molecule has 1 saturated carbocycles. The van der Waals surface area contributed by atoms with Crippen LogP contribution in [-0.2, 0) is 17.8 Å². The molecule has 0 bridgehead atoms. The summed E-state index contributed by atoms with van der Waals surface area (Å²) in [6.45, 7) is 3.47. The van der Waals surface area contributed by atoms with Gasteiger partial charge >= 0.3 is 0 Å². The third-order valence-corrected chi connectivity index (χ3v) is 6.33. The van der Waals surface area contributed by atoms with Crippen molar-refractivity contribution in [2.45, 2.75) is 44.8 Å². The highest BCUT2D eigenvalue weighted by molar-refractivity contribution is 5.81. The summed E-state index contributed by atoms with van der Waals surface area (Å²) in [6.07, 6.45) is 2.80. The molecule has 1 fully saturated rings. The first-order valence-corrected chi connectivity index (χ1v) is 10.6. The lowest BCUT2D eigenvalue weighted by molar-refractivity contribution is -0.948. The van der Waals surface area contributed by atoms with Crippen LogP contribution in [0.1, 0.15) is 42.5 Å². The van der Waals surface area contributed by atoms with Crippen LogP contribution < -0.4 is 19.7 Å². The van der Waals surface area contributed by atoms with Gasteiger partial charge in [0, 0.05) is 23.5 Å². The van der Waals surface area contributed by atoms with Crippen molar-refractivity contribution in [1.29, 1.82) is 0 Å². The number of nitrogens with one attached hydrogen (secondary N) is 2. The maximum atomic E-state index is 14.4. The molecule has 2 aliphatic rings. The van der Waals surface area contributed by atoms with Gasteiger partial charge in [-0.25, -0.2) is 4.39 Å². The Kier molecular flexibility index (Phi) is 5.95. The van der Waals surface area contributed by atoms with Gasteiger partial charge in [0.2, 0.25) is 5.91 Å². The Morgan fingerprint density at radius 3 is 2.57 bits per heavy atom. The maximum Gasteiger partial charge on any atom is 0.223 e. The predicted octanol–water partition coefficient (Wildman–Crippen LogP) is 2.44. The van der Waals surface area contributed by atoms with Crippen molar-refractivity contribution < 1.29 is 23.6 Å². The van der Waals surface area contributed by atoms with E-state index >= 15 is 0 Å². The second kappa shape index (κ2) is 8.64. The number of carbonyl (C=O) groups excluding carboxylic acids is 1. The minimum atomic E-state index is -0.184. The molecule has 5 nitrogen and oxygen atoms in total. The molecule has 2 aromatic carbocycles. The first-order chi connectivity index (χ1) is 14.5. The number of fused-ring (bicyclic) bond motifs is 1. The molecule has 1 amide bonds. The van der Waals surface area contributed by atoms with Crippen molar-refractivity contribution in [3.8, 4) is 11.5 Å². The number of ether oxygens (including phenoxy) is 2. The lowest BCUT2D eigenvalue weighted by Crippen LogP contribution is -3.13. The van der Waals surface area contributed by atoms with Gasteiger partial charge in [0.15, 0.2) is 11.5 Å². The van der Waals surface area contributed by atoms with Gasteiger partial charge in [0.25, 0.3) is 0 Å². The van der Waals surface area contributed by atoms with Crippen LogP contribution in [0.4, 0.5) is 4.39 Å². The molecule has 30 heavy (non-hydrogen) atoms. The number of carbonyl (C=O) groups is 1. The Hall–Kier alpha value is -2.60. The van der Waals surface area contributed by atoms with Crippen LogP contribution >= 0.6 is 0 Å². The molecule has 2 aromatic rings. The van der Waals surface area contributed by atoms with E-state index in [-0.39, 0.29) is 29.7 Å². The third-order valence-electron chi connectivity index (χ3n) is 6.33. The van der Waals surface area contributed by atoms with Crippen molar-refractivity contribution in [2.24, 2.45) is 5.92 Å². The van der Waals surface area contributed by atoms with E-state index in [0.29, 0.717) is 23.6 Å². The number of amides is 1. The molecular weight excluding hydrogens is 383 g/mol. The van der Waals surface area contributed by atoms with E-state index in [1.54, 1.807) is 20.3 Å². The molecule has 4 rings (SSSR count). The standard InChI is InChI=1S/C24H29FN2O3/c1-15(26-24(28)16-8-9-16)23-19-13-22(30-3)21(29-2)12-17(19)10-11-27(23)14-18-6-4-5-7-20(18)25/h4-7,12-13,15-16,23H,8-11,14H2,1-3H3,(H,26,28)/p+1/t15-,23+/m1/s1. The van der Waals surface area contributed by atoms with Gasteiger partial charge in [-0.3, -0.25) is 4.79 Å². The summed E-state index contributed by atoms with van der Waals surface area (Å²) in [7, 11) is 3.27. The fourth-order valence-corrected chi connectivity index (χ4v) is 4.59. The predicted molar refractivity (Wildman–Crippen MR) is 112 cm³/mol. The third kappa shape index (κ3) is 4.15. The minimum absolute atomic E-state index is 0.00383. The smallest absolute Gasteiger partial charge is 0.223 e. The van der Waals surface area contributed by atoms with Crippen LogP contribution in [0.25, 0.3) is 0 Å². The molecule has 1 aliphatic carbocycles. The highest BCUT2D eigenvalue weighted by Gasteiger charge is 2.39. The second-order valence-electron chi connectivity index (χ2n) is 8.38. The van der Waals surface area contributed by atoms with E-state index in [2.05, 4.69) is 12.2 Å². The summed E-state index contributed by atoms with van der Waals surface area (Å²) in [5, 5.41) is 3.22. The molecule has 160 valence electrons. The monoisotopic (exact) mass is 413 g/mol. The minimum Gasteiger partial charge on any atom is -0.493 e. The lowest BCUT2D eigenvalue weighted by Gasteiger charge is -2.38. The Labute approximate surface area is 177 Å². The van der Waals surface area contributed by atoms with Gasteiger partial charge in [-0.15, -0.1) is 0 Å². The van der Waals surface area contributed by atoms with E-state index in [1.807, 2.05) is 24.3 Å². The highest BCUT2D eigenvalue weighted by atomic mass is 19.1. The van der Waals surface area contributed by atoms with Gasteiger partial charge in [-0.05, 0) is 43.5 Å². The Morgan fingerprint density at radius 1 is 1.20 bits per heavy atom. The van der Waals surface area contributed by atoms with E-state index in [4.69, 9.17) is 9.47 Å². The molecule has 1 heterocycles. The van der Waals surface area contributed by atoms with Crippen molar-refractivity contribution >= 4 is 5.91 Å². The Morgan fingerprint density at radius 2 is 1.90 bits per heavy atom. The second-order valence-corrected chi connectivity index (χ2v) is 8.38. The van der Waals surface area contributed by atoms with Crippen LogP contribution in [0.2, 0.25) is 0 Å². The van der Waals surface area contributed by atoms with E-state index in [9.17, 15) is 9.18 Å². The first kappa shape index (κ1) is 20.7. The number of hydrogen-bond donors (Lipinski definition) is 2. The van der Waals surface area contributed by atoms with Crippen LogP contribution in [0.5, 0.6) is 11.5 Å². The summed E-state index contributed by atoms with van der Waals surface area (Å²) >= 11 is 0. The Balaban J connectivity index is 1.69. The molecule has 3 atom stereocenters. The summed E-state index contributed by atoms with van der Waals surface area (Å²) in [5.41, 5.74) is 3.03. The Bertz CT molecular complexity index is 929. The average Bonchev–Trinajstić information content (AvgIpc) is 3.59. The molecule has 6 heteroatoms. The number of methoxy groups -OCH3 is 2. The fraction of sp³-hybridized carbons (Fsp3) is 0.458. The molecule has 1 aliphatic heterocycles. The summed E-state index contributed by atoms with van der Waals surface area (Å²) < 4.78 is 25.4.